The van der Waals surface area contributed by atoms with Crippen molar-refractivity contribution in [3.63, 3.8) is 0 Å². The van der Waals surface area contributed by atoms with E-state index in [1.807, 2.05) is 6.07 Å². The van der Waals surface area contributed by atoms with Gasteiger partial charge in [-0.25, -0.2) is 21.8 Å². The minimum atomic E-state index is -4.06. The zero-order valence-corrected chi connectivity index (χ0v) is 19.5. The van der Waals surface area contributed by atoms with E-state index in [1.165, 1.54) is 12.1 Å². The summed E-state index contributed by atoms with van der Waals surface area (Å²) in [4.78, 5) is 10.7. The van der Waals surface area contributed by atoms with Crippen molar-refractivity contribution in [2.24, 2.45) is 0 Å². The molecule has 1 N–H and O–H groups in total. The number of nitrogens with one attached hydrogen (secondary N) is 1. The van der Waals surface area contributed by atoms with E-state index in [-0.39, 0.29) is 5.69 Å². The molecule has 4 rings (SSSR count). The smallest absolute Gasteiger partial charge is 0.245 e. The first-order chi connectivity index (χ1) is 15.6. The summed E-state index contributed by atoms with van der Waals surface area (Å²) >= 11 is 0. The van der Waals surface area contributed by atoms with Crippen LogP contribution in [0, 0.1) is 0 Å². The molecule has 13 heteroatoms. The van der Waals surface area contributed by atoms with Crippen LogP contribution in [0.2, 0.25) is 0 Å². The summed E-state index contributed by atoms with van der Waals surface area (Å²) in [6, 6.07) is 13.2. The molecule has 33 heavy (non-hydrogen) atoms. The Balaban J connectivity index is 1.85. The van der Waals surface area contributed by atoms with E-state index in [9.17, 15) is 16.8 Å². The number of benzene rings is 2. The molecule has 0 radical (unpaired) electrons. The molecular weight excluding hydrogens is 468 g/mol. The lowest BCUT2D eigenvalue weighted by Gasteiger charge is -2.25. The van der Waals surface area contributed by atoms with E-state index in [0.717, 1.165) is 17.9 Å². The lowest BCUT2D eigenvalue weighted by molar-refractivity contribution is 0.415. The number of rotatable bonds is 7. The Kier molecular flexibility index (Phi) is 5.68. The Morgan fingerprint density at radius 3 is 2.18 bits per heavy atom. The van der Waals surface area contributed by atoms with E-state index in [0.29, 0.717) is 32.4 Å². The van der Waals surface area contributed by atoms with Crippen LogP contribution in [0.25, 0.3) is 11.0 Å². The van der Waals surface area contributed by atoms with Gasteiger partial charge in [0.15, 0.2) is 5.65 Å². The highest BCUT2D eigenvalue weighted by molar-refractivity contribution is 8.09. The normalized spacial score (nSPS) is 12.0. The average molecular weight is 489 g/mol. The molecular formula is C20H20N6O5S2. The van der Waals surface area contributed by atoms with Gasteiger partial charge in [0, 0.05) is 18.0 Å². The monoisotopic (exact) mass is 488 g/mol. The molecule has 0 saturated heterocycles. The summed E-state index contributed by atoms with van der Waals surface area (Å²) in [5.74, 6) is 0.924. The molecule has 0 fully saturated rings. The van der Waals surface area contributed by atoms with Gasteiger partial charge in [0.2, 0.25) is 26.0 Å². The first-order valence-corrected chi connectivity index (χ1v) is 13.2. The second-order valence-corrected chi connectivity index (χ2v) is 11.0. The number of fused-ring (bicyclic) bond motifs is 1. The van der Waals surface area contributed by atoms with Crippen LogP contribution < -0.4 is 13.3 Å². The van der Waals surface area contributed by atoms with Crippen molar-refractivity contribution in [1.29, 1.82) is 0 Å². The van der Waals surface area contributed by atoms with E-state index in [2.05, 4.69) is 20.2 Å². The highest BCUT2D eigenvalue weighted by atomic mass is 32.3. The highest BCUT2D eigenvalue weighted by Crippen LogP contribution is 2.35. The van der Waals surface area contributed by atoms with Gasteiger partial charge >= 0.3 is 0 Å². The first kappa shape index (κ1) is 22.5. The predicted molar refractivity (Wildman–Crippen MR) is 125 cm³/mol. The number of hydrogen-bond acceptors (Lipinski definition) is 9. The number of sulfonamides is 2. The molecule has 11 nitrogen and oxygen atoms in total. The second-order valence-electron chi connectivity index (χ2n) is 7.12. The van der Waals surface area contributed by atoms with Crippen molar-refractivity contribution in [2.75, 3.05) is 28.2 Å². The Morgan fingerprint density at radius 1 is 0.879 bits per heavy atom. The Morgan fingerprint density at radius 2 is 1.55 bits per heavy atom. The second kappa shape index (κ2) is 8.33. The number of aromatic nitrogens is 4. The van der Waals surface area contributed by atoms with Crippen LogP contribution >= 0.6 is 0 Å². The lowest BCUT2D eigenvalue weighted by atomic mass is 10.2. The van der Waals surface area contributed by atoms with E-state index in [1.54, 1.807) is 54.7 Å². The SMILES string of the molecule is COc1cccc(N(c2ccc(N(S(C)(=O)=O)S(C)(=O)=O)cc2)c2ncc3cn[nH]c3n2)c1. The van der Waals surface area contributed by atoms with Gasteiger partial charge in [-0.05, 0) is 36.4 Å². The molecule has 0 amide bonds. The van der Waals surface area contributed by atoms with Gasteiger partial charge in [-0.15, -0.1) is 0 Å². The van der Waals surface area contributed by atoms with Crippen molar-refractivity contribution in [3.8, 4) is 5.75 Å². The molecule has 0 atom stereocenters. The fraction of sp³-hybridized carbons (Fsp3) is 0.150. The topological polar surface area (TPSA) is 138 Å². The third kappa shape index (κ3) is 4.59. The maximum Gasteiger partial charge on any atom is 0.245 e. The summed E-state index contributed by atoms with van der Waals surface area (Å²) in [5, 5.41) is 7.50. The maximum atomic E-state index is 12.1. The van der Waals surface area contributed by atoms with Crippen molar-refractivity contribution < 1.29 is 21.6 Å². The lowest BCUT2D eigenvalue weighted by Crippen LogP contribution is -2.35. The third-order valence-electron chi connectivity index (χ3n) is 4.61. The molecule has 0 bridgehead atoms. The Bertz CT molecular complexity index is 1490. The zero-order chi connectivity index (χ0) is 23.8. The largest absolute Gasteiger partial charge is 0.497 e. The summed E-state index contributed by atoms with van der Waals surface area (Å²) in [7, 11) is -6.57. The number of aromatic amines is 1. The molecule has 2 aromatic carbocycles. The van der Waals surface area contributed by atoms with Gasteiger partial charge in [0.05, 0.1) is 42.6 Å². The number of H-pyrrole nitrogens is 1. The molecule has 4 aromatic rings. The highest BCUT2D eigenvalue weighted by Gasteiger charge is 2.27. The van der Waals surface area contributed by atoms with Crippen LogP contribution in [-0.4, -0.2) is 56.6 Å². The molecule has 172 valence electrons. The fourth-order valence-corrected chi connectivity index (χ4v) is 6.30. The summed E-state index contributed by atoms with van der Waals surface area (Å²) < 4.78 is 54.1. The van der Waals surface area contributed by atoms with Gasteiger partial charge in [-0.3, -0.25) is 10.00 Å². The number of anilines is 4. The molecule has 0 spiro atoms. The average Bonchev–Trinajstić information content (AvgIpc) is 3.21. The van der Waals surface area contributed by atoms with Gasteiger partial charge < -0.3 is 4.74 Å². The van der Waals surface area contributed by atoms with Crippen molar-refractivity contribution in [3.05, 3.63) is 60.9 Å². The standard InChI is InChI=1S/C20H20N6O5S2/c1-31-18-6-4-5-17(11-18)25(20-21-12-14-13-22-24-19(14)23-20)15-7-9-16(10-8-15)26(32(2,27)28)33(3,29)30/h4-13H,1-3H3,(H,21,22,23,24). The van der Waals surface area contributed by atoms with Gasteiger partial charge in [0.1, 0.15) is 5.75 Å². The number of methoxy groups -OCH3 is 1. The van der Waals surface area contributed by atoms with Gasteiger partial charge in [-0.2, -0.15) is 13.8 Å². The minimum absolute atomic E-state index is 0.0146. The molecule has 0 saturated carbocycles. The molecule has 0 unspecified atom stereocenters. The minimum Gasteiger partial charge on any atom is -0.497 e. The number of ether oxygens (including phenoxy) is 1. The Hall–Kier alpha value is -3.71. The van der Waals surface area contributed by atoms with E-state index >= 15 is 0 Å². The van der Waals surface area contributed by atoms with Crippen LogP contribution in [0.1, 0.15) is 0 Å². The fourth-order valence-electron chi connectivity index (χ4n) is 3.32. The van der Waals surface area contributed by atoms with E-state index in [4.69, 9.17) is 4.74 Å². The van der Waals surface area contributed by atoms with Gasteiger partial charge in [-0.1, -0.05) is 6.07 Å². The number of hydrogen-bond donors (Lipinski definition) is 1. The summed E-state index contributed by atoms with van der Waals surface area (Å²) in [6.07, 6.45) is 4.89. The molecule has 0 aliphatic carbocycles. The van der Waals surface area contributed by atoms with Crippen LogP contribution in [0.15, 0.2) is 60.9 Å². The van der Waals surface area contributed by atoms with Crippen molar-refractivity contribution in [2.45, 2.75) is 0 Å². The van der Waals surface area contributed by atoms with Gasteiger partial charge in [0.25, 0.3) is 0 Å². The Labute approximate surface area is 190 Å². The van der Waals surface area contributed by atoms with Crippen LogP contribution in [0.3, 0.4) is 0 Å². The number of nitrogens with zero attached hydrogens (tertiary/aromatic N) is 5. The molecule has 2 aromatic heterocycles. The third-order valence-corrected chi connectivity index (χ3v) is 7.86. The van der Waals surface area contributed by atoms with E-state index < -0.39 is 20.0 Å². The zero-order valence-electron chi connectivity index (χ0n) is 17.9. The summed E-state index contributed by atoms with van der Waals surface area (Å²) in [6.45, 7) is 0. The van der Waals surface area contributed by atoms with Crippen LogP contribution in [0.4, 0.5) is 23.0 Å². The predicted octanol–water partition coefficient (Wildman–Crippen LogP) is 2.56. The van der Waals surface area contributed by atoms with Crippen molar-refractivity contribution in [1.82, 2.24) is 20.2 Å². The maximum absolute atomic E-state index is 12.1. The quantitative estimate of drug-likeness (QED) is 0.416. The molecule has 0 aliphatic rings. The van der Waals surface area contributed by atoms with Crippen LogP contribution in [-0.2, 0) is 20.0 Å². The molecule has 2 heterocycles. The summed E-state index contributed by atoms with van der Waals surface area (Å²) in [5.41, 5.74) is 1.75. The molecule has 0 aliphatic heterocycles. The van der Waals surface area contributed by atoms with Crippen molar-refractivity contribution >= 4 is 54.1 Å². The van der Waals surface area contributed by atoms with Crippen LogP contribution in [0.5, 0.6) is 5.75 Å². The first-order valence-electron chi connectivity index (χ1n) is 9.49.